The van der Waals surface area contributed by atoms with Gasteiger partial charge in [-0.1, -0.05) is 5.92 Å². The second-order valence-corrected chi connectivity index (χ2v) is 9.83. The van der Waals surface area contributed by atoms with Crippen LogP contribution in [-0.2, 0) is 31.6 Å². The number of aromatic nitrogens is 2. The summed E-state index contributed by atoms with van der Waals surface area (Å²) in [6.07, 6.45) is -1.69. The molecule has 1 aromatic rings. The predicted molar refractivity (Wildman–Crippen MR) is 93.7 cm³/mol. The molecule has 1 saturated heterocycles. The van der Waals surface area contributed by atoms with E-state index < -0.39 is 71.4 Å². The van der Waals surface area contributed by atoms with Crippen molar-refractivity contribution in [3.05, 3.63) is 32.6 Å². The van der Waals surface area contributed by atoms with Crippen LogP contribution in [0.3, 0.4) is 0 Å². The Balaban J connectivity index is 2.39. The van der Waals surface area contributed by atoms with Gasteiger partial charge in [0.15, 0.2) is 6.20 Å². The van der Waals surface area contributed by atoms with Crippen molar-refractivity contribution < 1.29 is 64.8 Å². The third kappa shape index (κ3) is 6.99. The van der Waals surface area contributed by atoms with Crippen LogP contribution in [-0.4, -0.2) is 52.7 Å². The number of terminal acetylenes is 1. The number of hydrogen-bond acceptors (Lipinski definition) is 10. The quantitative estimate of drug-likeness (QED) is 0.177. The van der Waals surface area contributed by atoms with E-state index in [0.717, 1.165) is 0 Å². The molecule has 1 aliphatic heterocycles. The molecule has 5 atom stereocenters. The minimum absolute atomic E-state index is 0.0799. The molecular weight excluding hydrogens is 496 g/mol. The lowest BCUT2D eigenvalue weighted by molar-refractivity contribution is -0.178. The van der Waals surface area contributed by atoms with E-state index in [9.17, 15) is 33.3 Å². The first-order valence-electron chi connectivity index (χ1n) is 8.81. The largest absolute Gasteiger partial charge is 0.490 e. The first kappa shape index (κ1) is 21.4. The molecule has 2 unspecified atom stereocenters. The standard InChI is InChI=1S/C11H14FN2O14P3/c1-2-6-4-14(10(17)13-8(6)16)9-7(15)3-11(12,26-9)5-25-30(21,22)28-31(23,24)27-29(18,19)20/h1,4,7,9,15H,3,5H2,(H,21,22)(H,23,24)(H,13,16,17)(H2,18,19,20)/t7-,9-,11+/m1/s1/i5D2,9D. The molecule has 0 bridgehead atoms. The number of nitrogens with zero attached hydrogens (tertiary/aromatic N) is 1. The Morgan fingerprint density at radius 1 is 1.35 bits per heavy atom. The lowest BCUT2D eigenvalue weighted by atomic mass is 10.2. The average Bonchev–Trinajstić information content (AvgIpc) is 2.81. The molecule has 1 aliphatic rings. The molecule has 20 heteroatoms. The minimum Gasteiger partial charge on any atom is -0.388 e. The molecule has 1 fully saturated rings. The van der Waals surface area contributed by atoms with Crippen LogP contribution >= 0.6 is 23.5 Å². The fraction of sp³-hybridized carbons (Fsp3) is 0.455. The van der Waals surface area contributed by atoms with Gasteiger partial charge in [0.25, 0.3) is 5.56 Å². The van der Waals surface area contributed by atoms with Gasteiger partial charge in [-0.25, -0.2) is 22.9 Å². The molecule has 0 radical (unpaired) electrons. The van der Waals surface area contributed by atoms with Crippen molar-refractivity contribution in [3.8, 4) is 12.3 Å². The van der Waals surface area contributed by atoms with Crippen molar-refractivity contribution in [1.29, 1.82) is 0 Å². The van der Waals surface area contributed by atoms with Gasteiger partial charge in [-0.05, 0) is 0 Å². The average molecular weight is 513 g/mol. The lowest BCUT2D eigenvalue weighted by Gasteiger charge is -2.22. The fourth-order valence-corrected chi connectivity index (χ4v) is 4.93. The molecule has 2 heterocycles. The number of rotatable bonds is 8. The first-order valence-corrected chi connectivity index (χ1v) is 11.8. The second kappa shape index (κ2) is 8.80. The van der Waals surface area contributed by atoms with Crippen molar-refractivity contribution in [2.45, 2.75) is 24.6 Å². The van der Waals surface area contributed by atoms with Gasteiger partial charge in [-0.3, -0.25) is 18.9 Å². The van der Waals surface area contributed by atoms with Crippen molar-refractivity contribution >= 4 is 23.5 Å². The number of aliphatic hydroxyl groups excluding tert-OH is 1. The summed E-state index contributed by atoms with van der Waals surface area (Å²) in [6, 6.07) is 0. The monoisotopic (exact) mass is 513 g/mol. The minimum atomic E-state index is -6.24. The Bertz CT molecular complexity index is 1290. The summed E-state index contributed by atoms with van der Waals surface area (Å²) in [5.41, 5.74) is -3.15. The number of alkyl halides is 1. The number of hydrogen-bond donors (Lipinski definition) is 6. The number of ether oxygens (including phenoxy) is 1. The van der Waals surface area contributed by atoms with E-state index in [2.05, 4.69) is 17.9 Å². The molecule has 0 spiro atoms. The van der Waals surface area contributed by atoms with Crippen molar-refractivity contribution in [2.24, 2.45) is 0 Å². The SMILES string of the molecule is [2H]C([2H])(OP(=O)(O)OP(=O)(O)OP(=O)(O)O)[C@]1(F)C[C@@H](O)[C@]([2H])(n2cc(C#C)c(=O)[nH]c2=O)O1. The maximum absolute atomic E-state index is 15.3. The van der Waals surface area contributed by atoms with Crippen LogP contribution in [0.15, 0.2) is 15.8 Å². The number of halogens is 1. The molecule has 0 amide bonds. The van der Waals surface area contributed by atoms with Crippen molar-refractivity contribution in [1.82, 2.24) is 9.55 Å². The van der Waals surface area contributed by atoms with Crippen LogP contribution in [0.2, 0.25) is 0 Å². The molecule has 31 heavy (non-hydrogen) atoms. The smallest absolute Gasteiger partial charge is 0.388 e. The topological polar surface area (TPSA) is 244 Å². The summed E-state index contributed by atoms with van der Waals surface area (Å²) in [7, 11) is -18.1. The Morgan fingerprint density at radius 2 is 1.97 bits per heavy atom. The number of aromatic amines is 1. The molecule has 0 aliphatic carbocycles. The van der Waals surface area contributed by atoms with Gasteiger partial charge < -0.3 is 29.4 Å². The molecule has 2 rings (SSSR count). The third-order valence-electron chi connectivity index (χ3n) is 3.07. The number of phosphoric ester groups is 1. The van der Waals surface area contributed by atoms with Crippen LogP contribution in [0.1, 0.15) is 22.3 Å². The molecule has 6 N–H and O–H groups in total. The van der Waals surface area contributed by atoms with Gasteiger partial charge in [0.1, 0.15) is 18.2 Å². The number of aliphatic hydroxyl groups is 1. The first-order chi connectivity index (χ1) is 15.1. The highest BCUT2D eigenvalue weighted by Gasteiger charge is 2.50. The normalized spacial score (nSPS) is 32.2. The van der Waals surface area contributed by atoms with Crippen LogP contribution in [0.4, 0.5) is 4.39 Å². The van der Waals surface area contributed by atoms with Gasteiger partial charge in [0.05, 0.1) is 4.11 Å². The van der Waals surface area contributed by atoms with Crippen molar-refractivity contribution in [2.75, 3.05) is 6.56 Å². The number of nitrogens with one attached hydrogen (secondary N) is 1. The second-order valence-electron chi connectivity index (χ2n) is 5.49. The molecule has 16 nitrogen and oxygen atoms in total. The van der Waals surface area contributed by atoms with E-state index in [1.54, 1.807) is 4.98 Å². The van der Waals surface area contributed by atoms with Crippen molar-refractivity contribution in [3.63, 3.8) is 0 Å². The molecular formula is C11H14FN2O14P3. The Labute approximate surface area is 174 Å². The molecule has 174 valence electrons. The van der Waals surface area contributed by atoms with Crippen LogP contribution < -0.4 is 11.2 Å². The predicted octanol–water partition coefficient (Wildman–Crippen LogP) is -1.19. The van der Waals surface area contributed by atoms with Crippen LogP contribution in [0.25, 0.3) is 0 Å². The van der Waals surface area contributed by atoms with E-state index in [4.69, 9.17) is 25.2 Å². The zero-order chi connectivity index (χ0) is 26.5. The highest BCUT2D eigenvalue weighted by molar-refractivity contribution is 7.66. The summed E-state index contributed by atoms with van der Waals surface area (Å²) in [6.45, 7) is -4.22. The Hall–Kier alpha value is -1.50. The summed E-state index contributed by atoms with van der Waals surface area (Å²) >= 11 is 0. The van der Waals surface area contributed by atoms with E-state index in [-0.39, 0.29) is 4.57 Å². The van der Waals surface area contributed by atoms with Gasteiger partial charge in [0, 0.05) is 12.6 Å². The number of phosphoric acid groups is 3. The Morgan fingerprint density at radius 3 is 2.52 bits per heavy atom. The van der Waals surface area contributed by atoms with E-state index in [1.165, 1.54) is 0 Å². The van der Waals surface area contributed by atoms with Crippen LogP contribution in [0, 0.1) is 12.3 Å². The molecule has 0 aromatic carbocycles. The van der Waals surface area contributed by atoms with E-state index in [0.29, 0.717) is 6.20 Å². The van der Waals surface area contributed by atoms with Crippen LogP contribution in [0.5, 0.6) is 0 Å². The van der Waals surface area contributed by atoms with E-state index in [1.807, 2.05) is 5.92 Å². The number of H-pyrrole nitrogens is 1. The summed E-state index contributed by atoms with van der Waals surface area (Å²) in [4.78, 5) is 60.7. The lowest BCUT2D eigenvalue weighted by Crippen LogP contribution is -2.37. The zero-order valence-electron chi connectivity index (χ0n) is 17.5. The third-order valence-corrected chi connectivity index (χ3v) is 6.72. The summed E-state index contributed by atoms with van der Waals surface area (Å²) < 4.78 is 87.5. The van der Waals surface area contributed by atoms with Gasteiger partial charge in [-0.2, -0.15) is 8.62 Å². The van der Waals surface area contributed by atoms with Gasteiger partial charge >= 0.3 is 29.2 Å². The molecule has 1 aromatic heterocycles. The van der Waals surface area contributed by atoms with Gasteiger partial charge in [-0.15, -0.1) is 6.42 Å². The Kier molecular flexibility index (Phi) is 6.06. The summed E-state index contributed by atoms with van der Waals surface area (Å²) in [5, 5.41) is 10.1. The fourth-order valence-electron chi connectivity index (χ4n) is 2.04. The maximum atomic E-state index is 15.3. The van der Waals surface area contributed by atoms with E-state index >= 15 is 4.39 Å². The summed E-state index contributed by atoms with van der Waals surface area (Å²) in [5.74, 6) is -2.25. The highest BCUT2D eigenvalue weighted by Crippen LogP contribution is 2.66. The maximum Gasteiger partial charge on any atom is 0.490 e. The van der Waals surface area contributed by atoms with Gasteiger partial charge in [0.2, 0.25) is 5.85 Å². The molecule has 0 saturated carbocycles. The zero-order valence-corrected chi connectivity index (χ0v) is 17.2. The highest BCUT2D eigenvalue weighted by atomic mass is 31.3.